The fourth-order valence-corrected chi connectivity index (χ4v) is 3.08. The molecule has 0 aromatic heterocycles. The van der Waals surface area contributed by atoms with E-state index in [1.807, 2.05) is 55.5 Å². The van der Waals surface area contributed by atoms with Crippen molar-refractivity contribution in [1.29, 1.82) is 0 Å². The summed E-state index contributed by atoms with van der Waals surface area (Å²) in [6.45, 7) is 4.36. The molecule has 0 amide bonds. The van der Waals surface area contributed by atoms with Crippen molar-refractivity contribution < 1.29 is 23.7 Å². The van der Waals surface area contributed by atoms with Gasteiger partial charge in [-0.2, -0.15) is 0 Å². The van der Waals surface area contributed by atoms with Crippen LogP contribution >= 0.6 is 0 Å². The minimum Gasteiger partial charge on any atom is -0.493 e. The lowest BCUT2D eigenvalue weighted by atomic mass is 10.1. The molecule has 0 spiro atoms. The van der Waals surface area contributed by atoms with Gasteiger partial charge in [-0.3, -0.25) is 0 Å². The zero-order valence-electron chi connectivity index (χ0n) is 16.1. The molecule has 3 rings (SSSR count). The number of benzene rings is 2. The van der Waals surface area contributed by atoms with Crippen LogP contribution in [0.2, 0.25) is 0 Å². The summed E-state index contributed by atoms with van der Waals surface area (Å²) in [7, 11) is 3.22. The monoisotopic (exact) mass is 373 g/mol. The number of methoxy groups -OCH3 is 2. The molecule has 1 unspecified atom stereocenters. The van der Waals surface area contributed by atoms with E-state index in [0.717, 1.165) is 5.56 Å². The highest BCUT2D eigenvalue weighted by molar-refractivity contribution is 5.51. The molecule has 1 N–H and O–H groups in total. The Kier molecular flexibility index (Phi) is 6.55. The van der Waals surface area contributed by atoms with Crippen molar-refractivity contribution in [3.8, 4) is 17.2 Å². The number of nitrogens with one attached hydrogen (secondary N) is 1. The minimum absolute atomic E-state index is 0.00370. The van der Waals surface area contributed by atoms with Crippen LogP contribution < -0.4 is 19.5 Å². The largest absolute Gasteiger partial charge is 0.493 e. The van der Waals surface area contributed by atoms with Crippen molar-refractivity contribution in [3.05, 3.63) is 54.1 Å². The zero-order valence-corrected chi connectivity index (χ0v) is 16.1. The molecule has 27 heavy (non-hydrogen) atoms. The maximum atomic E-state index is 6.11. The highest BCUT2D eigenvalue weighted by Gasteiger charge is 2.38. The van der Waals surface area contributed by atoms with Crippen LogP contribution in [0.15, 0.2) is 48.5 Å². The quantitative estimate of drug-likeness (QED) is 0.682. The smallest absolute Gasteiger partial charge is 0.203 e. The second-order valence-corrected chi connectivity index (χ2v) is 6.41. The Hall–Kier alpha value is -2.28. The molecule has 2 atom stereocenters. The highest BCUT2D eigenvalue weighted by atomic mass is 16.7. The normalized spacial score (nSPS) is 21.8. The predicted molar refractivity (Wildman–Crippen MR) is 103 cm³/mol. The van der Waals surface area contributed by atoms with Crippen LogP contribution in [0.3, 0.4) is 0 Å². The van der Waals surface area contributed by atoms with E-state index >= 15 is 0 Å². The van der Waals surface area contributed by atoms with Gasteiger partial charge in [0.15, 0.2) is 17.3 Å². The molecule has 6 nitrogen and oxygen atoms in total. The van der Waals surface area contributed by atoms with Crippen LogP contribution in [-0.2, 0) is 15.3 Å². The van der Waals surface area contributed by atoms with Gasteiger partial charge in [-0.05, 0) is 19.1 Å². The first-order valence-electron chi connectivity index (χ1n) is 9.08. The fraction of sp³-hybridized carbons (Fsp3) is 0.429. The number of hydrogen-bond donors (Lipinski definition) is 1. The molecule has 146 valence electrons. The Morgan fingerprint density at radius 2 is 1.74 bits per heavy atom. The van der Waals surface area contributed by atoms with E-state index in [1.54, 1.807) is 14.2 Å². The van der Waals surface area contributed by atoms with E-state index < -0.39 is 5.79 Å². The first kappa shape index (κ1) is 19.5. The first-order chi connectivity index (χ1) is 13.2. The molecule has 1 fully saturated rings. The van der Waals surface area contributed by atoms with Crippen LogP contribution in [0, 0.1) is 0 Å². The van der Waals surface area contributed by atoms with Crippen molar-refractivity contribution in [1.82, 2.24) is 5.32 Å². The third-order valence-electron chi connectivity index (χ3n) is 4.51. The number of ether oxygens (including phenoxy) is 5. The molecule has 1 saturated heterocycles. The Morgan fingerprint density at radius 3 is 2.41 bits per heavy atom. The summed E-state index contributed by atoms with van der Waals surface area (Å²) in [6, 6.07) is 15.6. The third kappa shape index (κ3) is 4.71. The molecule has 0 radical (unpaired) electrons. The lowest BCUT2D eigenvalue weighted by molar-refractivity contribution is -0.161. The van der Waals surface area contributed by atoms with E-state index in [1.165, 1.54) is 0 Å². The Morgan fingerprint density at radius 1 is 1.04 bits per heavy atom. The second-order valence-electron chi connectivity index (χ2n) is 6.41. The molecule has 1 heterocycles. The van der Waals surface area contributed by atoms with Crippen molar-refractivity contribution in [3.63, 3.8) is 0 Å². The van der Waals surface area contributed by atoms with Gasteiger partial charge in [0.25, 0.3) is 0 Å². The lowest BCUT2D eigenvalue weighted by Crippen LogP contribution is -2.33. The van der Waals surface area contributed by atoms with Crippen LogP contribution in [-0.4, -0.2) is 46.6 Å². The highest BCUT2D eigenvalue weighted by Crippen LogP contribution is 2.36. The molecule has 2 aromatic rings. The van der Waals surface area contributed by atoms with Crippen molar-refractivity contribution in [2.24, 2.45) is 0 Å². The van der Waals surface area contributed by atoms with Crippen LogP contribution in [0.4, 0.5) is 0 Å². The Labute approximate surface area is 160 Å². The molecular weight excluding hydrogens is 346 g/mol. The van der Waals surface area contributed by atoms with Gasteiger partial charge in [0.05, 0.1) is 26.9 Å². The van der Waals surface area contributed by atoms with E-state index in [9.17, 15) is 0 Å². The van der Waals surface area contributed by atoms with E-state index in [0.29, 0.717) is 43.6 Å². The molecule has 0 saturated carbocycles. The van der Waals surface area contributed by atoms with Gasteiger partial charge in [-0.1, -0.05) is 36.4 Å². The van der Waals surface area contributed by atoms with Gasteiger partial charge in [-0.15, -0.1) is 0 Å². The zero-order chi connectivity index (χ0) is 19.1. The summed E-state index contributed by atoms with van der Waals surface area (Å²) in [5.41, 5.74) is 1.03. The van der Waals surface area contributed by atoms with E-state index in [2.05, 4.69) is 5.32 Å². The SMILES string of the molecule is COc1cccc(OC)c1OCCNCC1CO[C@@](C)(c2ccccc2)O1. The molecule has 2 aromatic carbocycles. The summed E-state index contributed by atoms with van der Waals surface area (Å²) in [4.78, 5) is 0. The second kappa shape index (κ2) is 9.08. The molecular formula is C21H27NO5. The van der Waals surface area contributed by atoms with Crippen LogP contribution in [0.1, 0.15) is 12.5 Å². The predicted octanol–water partition coefficient (Wildman–Crippen LogP) is 2.96. The van der Waals surface area contributed by atoms with Gasteiger partial charge in [0.2, 0.25) is 5.75 Å². The minimum atomic E-state index is -0.686. The Balaban J connectivity index is 1.43. The fourth-order valence-electron chi connectivity index (χ4n) is 3.08. The first-order valence-corrected chi connectivity index (χ1v) is 9.08. The summed E-state index contributed by atoms with van der Waals surface area (Å²) in [5, 5.41) is 3.35. The molecule has 1 aliphatic rings. The standard InChI is InChI=1S/C21H27NO5/c1-21(16-8-5-4-6-9-16)26-15-17(27-21)14-22-12-13-25-20-18(23-2)10-7-11-19(20)24-3/h4-11,17,22H,12-15H2,1-3H3/t17?,21-/m1/s1. The van der Waals surface area contributed by atoms with Crippen molar-refractivity contribution in [2.45, 2.75) is 18.8 Å². The molecule has 1 aliphatic heterocycles. The van der Waals surface area contributed by atoms with Crippen LogP contribution in [0.5, 0.6) is 17.2 Å². The summed E-state index contributed by atoms with van der Waals surface area (Å²) < 4.78 is 28.5. The van der Waals surface area contributed by atoms with Gasteiger partial charge in [-0.25, -0.2) is 0 Å². The number of hydrogen-bond acceptors (Lipinski definition) is 6. The van der Waals surface area contributed by atoms with Gasteiger partial charge >= 0.3 is 0 Å². The van der Waals surface area contributed by atoms with Crippen LogP contribution in [0.25, 0.3) is 0 Å². The molecule has 6 heteroatoms. The maximum absolute atomic E-state index is 6.11. The van der Waals surface area contributed by atoms with Gasteiger partial charge in [0, 0.05) is 18.7 Å². The number of rotatable bonds is 9. The summed E-state index contributed by atoms with van der Waals surface area (Å²) >= 11 is 0. The third-order valence-corrected chi connectivity index (χ3v) is 4.51. The lowest BCUT2D eigenvalue weighted by Gasteiger charge is -2.23. The van der Waals surface area contributed by atoms with Crippen molar-refractivity contribution in [2.75, 3.05) is 40.5 Å². The van der Waals surface area contributed by atoms with Gasteiger partial charge in [0.1, 0.15) is 6.61 Å². The Bertz CT molecular complexity index is 702. The van der Waals surface area contributed by atoms with Gasteiger partial charge < -0.3 is 29.0 Å². The topological polar surface area (TPSA) is 58.2 Å². The summed E-state index contributed by atoms with van der Waals surface area (Å²) in [5.74, 6) is 1.23. The van der Waals surface area contributed by atoms with E-state index in [-0.39, 0.29) is 6.10 Å². The average Bonchev–Trinajstić information content (AvgIpc) is 3.10. The van der Waals surface area contributed by atoms with E-state index in [4.69, 9.17) is 23.7 Å². The average molecular weight is 373 g/mol. The molecule has 0 aliphatic carbocycles. The number of para-hydroxylation sites is 1. The van der Waals surface area contributed by atoms with Crippen molar-refractivity contribution >= 4 is 0 Å². The summed E-state index contributed by atoms with van der Waals surface area (Å²) in [6.07, 6.45) is -0.00370. The maximum Gasteiger partial charge on any atom is 0.203 e. The molecule has 0 bridgehead atoms.